The molecule has 1 atom stereocenters. The van der Waals surface area contributed by atoms with E-state index in [2.05, 4.69) is 52.8 Å². The third kappa shape index (κ3) is 5.81. The summed E-state index contributed by atoms with van der Waals surface area (Å²) >= 11 is 0. The van der Waals surface area contributed by atoms with Crippen LogP contribution < -0.4 is 10.6 Å². The molecular weight excluding hydrogens is 302 g/mol. The highest BCUT2D eigenvalue weighted by atomic mass is 16.2. The van der Waals surface area contributed by atoms with Crippen molar-refractivity contribution in [3.63, 3.8) is 0 Å². The Hall–Kier alpha value is -2.14. The van der Waals surface area contributed by atoms with Gasteiger partial charge < -0.3 is 10.6 Å². The molecule has 5 nitrogen and oxygen atoms in total. The van der Waals surface area contributed by atoms with Crippen molar-refractivity contribution >= 4 is 11.8 Å². The van der Waals surface area contributed by atoms with Gasteiger partial charge >= 0.3 is 0 Å². The number of carbonyl (C=O) groups excluding carboxylic acids is 2. The molecule has 0 aliphatic carbocycles. The number of aryl methyl sites for hydroxylation is 1. The summed E-state index contributed by atoms with van der Waals surface area (Å²) in [4.78, 5) is 25.4. The van der Waals surface area contributed by atoms with Crippen molar-refractivity contribution in [1.29, 1.82) is 0 Å². The third-order valence-corrected chi connectivity index (χ3v) is 4.19. The second kappa shape index (κ2) is 8.64. The van der Waals surface area contributed by atoms with Crippen molar-refractivity contribution in [2.45, 2.75) is 33.2 Å². The van der Waals surface area contributed by atoms with Crippen molar-refractivity contribution in [2.75, 3.05) is 26.2 Å². The van der Waals surface area contributed by atoms with Gasteiger partial charge in [-0.2, -0.15) is 0 Å². The first-order valence-electron chi connectivity index (χ1n) is 8.44. The molecule has 0 radical (unpaired) electrons. The fourth-order valence-electron chi connectivity index (χ4n) is 2.81. The van der Waals surface area contributed by atoms with E-state index in [1.54, 1.807) is 0 Å². The lowest BCUT2D eigenvalue weighted by Gasteiger charge is -2.27. The van der Waals surface area contributed by atoms with Crippen LogP contribution >= 0.6 is 0 Å². The van der Waals surface area contributed by atoms with Crippen LogP contribution in [0.25, 0.3) is 0 Å². The summed E-state index contributed by atoms with van der Waals surface area (Å²) in [6, 6.07) is 8.21. The molecule has 2 N–H and O–H groups in total. The predicted molar refractivity (Wildman–Crippen MR) is 95.6 cm³/mol. The number of rotatable bonds is 6. The lowest BCUT2D eigenvalue weighted by atomic mass is 10.1. The van der Waals surface area contributed by atoms with Crippen molar-refractivity contribution in [3.05, 3.63) is 47.0 Å². The zero-order valence-electron chi connectivity index (χ0n) is 14.8. The Morgan fingerprint density at radius 1 is 1.25 bits per heavy atom. The van der Waals surface area contributed by atoms with E-state index in [1.165, 1.54) is 12.5 Å². The van der Waals surface area contributed by atoms with Crippen LogP contribution in [0.3, 0.4) is 0 Å². The monoisotopic (exact) mass is 329 g/mol. The number of benzene rings is 1. The highest BCUT2D eigenvalue weighted by Gasteiger charge is 2.17. The summed E-state index contributed by atoms with van der Waals surface area (Å²) < 4.78 is 0. The smallest absolute Gasteiger partial charge is 0.234 e. The van der Waals surface area contributed by atoms with Gasteiger partial charge in [-0.05, 0) is 31.4 Å². The number of hydrogen-bond donors (Lipinski definition) is 2. The number of nitrogens with zero attached hydrogens (tertiary/aromatic N) is 1. The average molecular weight is 329 g/mol. The minimum Gasteiger partial charge on any atom is -0.353 e. The van der Waals surface area contributed by atoms with E-state index < -0.39 is 0 Å². The van der Waals surface area contributed by atoms with E-state index >= 15 is 0 Å². The van der Waals surface area contributed by atoms with E-state index in [0.29, 0.717) is 13.1 Å². The van der Waals surface area contributed by atoms with Gasteiger partial charge in [-0.3, -0.25) is 14.5 Å². The lowest BCUT2D eigenvalue weighted by Crippen LogP contribution is -2.41. The van der Waals surface area contributed by atoms with Gasteiger partial charge in [0.05, 0.1) is 12.6 Å². The van der Waals surface area contributed by atoms with Crippen molar-refractivity contribution in [3.8, 4) is 0 Å². The molecule has 1 aliphatic rings. The summed E-state index contributed by atoms with van der Waals surface area (Å²) in [6.07, 6.45) is 3.06. The van der Waals surface area contributed by atoms with Crippen LogP contribution in [0.15, 0.2) is 35.9 Å². The summed E-state index contributed by atoms with van der Waals surface area (Å²) in [7, 11) is 0. The van der Waals surface area contributed by atoms with Crippen LogP contribution in [0.5, 0.6) is 0 Å². The number of nitrogens with one attached hydrogen (secondary N) is 2. The standard InChI is InChI=1S/C19H27N3O2/c1-14-6-8-18(9-7-14)15(2)21-19(24)13-22-10-4-5-17(12-22)11-20-16(3)23/h5-9,15H,4,10-13H2,1-3H3,(H,20,23)(H,21,24)/t15-/m1/s1. The van der Waals surface area contributed by atoms with E-state index in [1.807, 2.05) is 6.92 Å². The Kier molecular flexibility index (Phi) is 6.55. The highest BCUT2D eigenvalue weighted by molar-refractivity contribution is 5.78. The molecule has 0 aromatic heterocycles. The fourth-order valence-corrected chi connectivity index (χ4v) is 2.81. The summed E-state index contributed by atoms with van der Waals surface area (Å²) in [5.74, 6) is 0.00143. The summed E-state index contributed by atoms with van der Waals surface area (Å²) in [5.41, 5.74) is 3.48. The Labute approximate surface area is 144 Å². The minimum atomic E-state index is -0.0299. The number of amides is 2. The van der Waals surface area contributed by atoms with Gasteiger partial charge in [0, 0.05) is 26.6 Å². The minimum absolute atomic E-state index is 0.00252. The quantitative estimate of drug-likeness (QED) is 0.784. The SMILES string of the molecule is CC(=O)NCC1=CCCN(CC(=O)N[C@H](C)c2ccc(C)cc2)C1. The molecule has 0 bridgehead atoms. The first-order valence-corrected chi connectivity index (χ1v) is 8.44. The van der Waals surface area contributed by atoms with Gasteiger partial charge in [0.1, 0.15) is 0 Å². The topological polar surface area (TPSA) is 61.4 Å². The molecule has 0 spiro atoms. The summed E-state index contributed by atoms with van der Waals surface area (Å²) in [6.45, 7) is 8.11. The van der Waals surface area contributed by atoms with Crippen LogP contribution in [0.1, 0.15) is 37.4 Å². The molecule has 0 fully saturated rings. The van der Waals surface area contributed by atoms with Crippen molar-refractivity contribution in [2.24, 2.45) is 0 Å². The molecule has 0 unspecified atom stereocenters. The molecule has 0 saturated heterocycles. The van der Waals surface area contributed by atoms with E-state index in [9.17, 15) is 9.59 Å². The van der Waals surface area contributed by atoms with Gasteiger partial charge in [0.25, 0.3) is 0 Å². The number of carbonyl (C=O) groups is 2. The molecule has 5 heteroatoms. The highest BCUT2D eigenvalue weighted by Crippen LogP contribution is 2.13. The average Bonchev–Trinajstić information content (AvgIpc) is 2.53. The maximum Gasteiger partial charge on any atom is 0.234 e. The first kappa shape index (κ1) is 18.2. The molecular formula is C19H27N3O2. The normalized spacial score (nSPS) is 16.2. The van der Waals surface area contributed by atoms with Crippen LogP contribution in [-0.4, -0.2) is 42.9 Å². The molecule has 130 valence electrons. The van der Waals surface area contributed by atoms with Crippen molar-refractivity contribution in [1.82, 2.24) is 15.5 Å². The second-order valence-corrected chi connectivity index (χ2v) is 6.47. The Morgan fingerprint density at radius 3 is 2.62 bits per heavy atom. The molecule has 0 saturated carbocycles. The van der Waals surface area contributed by atoms with Crippen LogP contribution in [0.4, 0.5) is 0 Å². The first-order chi connectivity index (χ1) is 11.4. The number of hydrogen-bond acceptors (Lipinski definition) is 3. The van der Waals surface area contributed by atoms with Crippen LogP contribution in [0.2, 0.25) is 0 Å². The maximum atomic E-state index is 12.3. The fraction of sp³-hybridized carbons (Fsp3) is 0.474. The van der Waals surface area contributed by atoms with Crippen molar-refractivity contribution < 1.29 is 9.59 Å². The molecule has 1 aromatic carbocycles. The molecule has 1 aromatic rings. The molecule has 24 heavy (non-hydrogen) atoms. The van der Waals surface area contributed by atoms with Gasteiger partial charge in [0.2, 0.25) is 11.8 Å². The lowest BCUT2D eigenvalue weighted by molar-refractivity contribution is -0.123. The Balaban J connectivity index is 1.80. The zero-order valence-corrected chi connectivity index (χ0v) is 14.8. The zero-order chi connectivity index (χ0) is 17.5. The molecule has 2 rings (SSSR count). The van der Waals surface area contributed by atoms with E-state index in [0.717, 1.165) is 30.6 Å². The van der Waals surface area contributed by atoms with Gasteiger partial charge in [-0.25, -0.2) is 0 Å². The van der Waals surface area contributed by atoms with Crippen LogP contribution in [-0.2, 0) is 9.59 Å². The maximum absolute atomic E-state index is 12.3. The van der Waals surface area contributed by atoms with E-state index in [4.69, 9.17) is 0 Å². The molecule has 1 heterocycles. The van der Waals surface area contributed by atoms with Gasteiger partial charge in [-0.15, -0.1) is 0 Å². The van der Waals surface area contributed by atoms with Gasteiger partial charge in [0.15, 0.2) is 0 Å². The summed E-state index contributed by atoms with van der Waals surface area (Å²) in [5, 5.41) is 5.87. The predicted octanol–water partition coefficient (Wildman–Crippen LogP) is 1.94. The Morgan fingerprint density at radius 2 is 1.96 bits per heavy atom. The molecule has 1 aliphatic heterocycles. The largest absolute Gasteiger partial charge is 0.353 e. The van der Waals surface area contributed by atoms with Gasteiger partial charge in [-0.1, -0.05) is 35.9 Å². The Bertz CT molecular complexity index is 608. The second-order valence-electron chi connectivity index (χ2n) is 6.47. The third-order valence-electron chi connectivity index (χ3n) is 4.19. The molecule has 2 amide bonds. The van der Waals surface area contributed by atoms with Crippen LogP contribution in [0, 0.1) is 6.92 Å². The van der Waals surface area contributed by atoms with E-state index in [-0.39, 0.29) is 17.9 Å².